The van der Waals surface area contributed by atoms with Crippen LogP contribution in [-0.2, 0) is 22.4 Å². The third-order valence-corrected chi connectivity index (χ3v) is 5.88. The summed E-state index contributed by atoms with van der Waals surface area (Å²) in [4.78, 5) is 30.3. The van der Waals surface area contributed by atoms with Gasteiger partial charge in [0.1, 0.15) is 0 Å². The fourth-order valence-corrected chi connectivity index (χ4v) is 4.83. The summed E-state index contributed by atoms with van der Waals surface area (Å²) in [5, 5.41) is 3.29. The molecule has 1 aliphatic carbocycles. The van der Waals surface area contributed by atoms with Crippen LogP contribution in [0.3, 0.4) is 0 Å². The molecule has 0 bridgehead atoms. The van der Waals surface area contributed by atoms with Crippen LogP contribution in [0.5, 0.6) is 0 Å². The maximum atomic E-state index is 12.5. The molecule has 0 fully saturated rings. The van der Waals surface area contributed by atoms with Crippen LogP contribution >= 0.6 is 11.3 Å². The second-order valence-electron chi connectivity index (χ2n) is 6.26. The number of fused-ring (bicyclic) bond motifs is 1. The first-order valence-corrected chi connectivity index (χ1v) is 10.9. The van der Waals surface area contributed by atoms with Crippen LogP contribution < -0.4 is 5.32 Å². The van der Waals surface area contributed by atoms with Gasteiger partial charge in [-0.3, -0.25) is 0 Å². The van der Waals surface area contributed by atoms with Crippen molar-refractivity contribution < 1.29 is 14.3 Å². The third-order valence-electron chi connectivity index (χ3n) is 4.29. The van der Waals surface area contributed by atoms with Crippen LogP contribution in [0.25, 0.3) is 6.08 Å². The molecule has 1 aliphatic rings. The Bertz CT molecular complexity index is 919. The van der Waals surface area contributed by atoms with E-state index in [0.717, 1.165) is 36.8 Å². The molecule has 28 heavy (non-hydrogen) atoms. The summed E-state index contributed by atoms with van der Waals surface area (Å²) in [6.45, 7) is 2.11. The average molecular weight is 460 g/mol. The standard InChI is InChI=1S/C21H21N2O3SSe/c1-2-26-20(25)18-15-10-6-7-11-16(15)27-19(18)23-21(28)22-17(24)13-12-14-8-4-3-5-9-14/h3-5,8-9,12-13H,2,6-7,10-11H2,1H3,(H,22,23,24)/b13-12+. The van der Waals surface area contributed by atoms with Crippen molar-refractivity contribution in [1.29, 1.82) is 0 Å². The Labute approximate surface area is 176 Å². The summed E-state index contributed by atoms with van der Waals surface area (Å²) in [6.07, 6.45) is 7.18. The Morgan fingerprint density at radius 3 is 2.75 bits per heavy atom. The molecule has 0 aliphatic heterocycles. The normalized spacial score (nSPS) is 14.0. The monoisotopic (exact) mass is 461 g/mol. The topological polar surface area (TPSA) is 67.8 Å². The minimum atomic E-state index is -0.344. The van der Waals surface area contributed by atoms with Crippen molar-refractivity contribution in [3.8, 4) is 0 Å². The van der Waals surface area contributed by atoms with Crippen LogP contribution in [0.2, 0.25) is 0 Å². The summed E-state index contributed by atoms with van der Waals surface area (Å²) in [6, 6.07) is 9.57. The van der Waals surface area contributed by atoms with Gasteiger partial charge in [-0.25, -0.2) is 0 Å². The number of nitrogens with one attached hydrogen (secondary N) is 1. The number of carbonyl (C=O) groups excluding carboxylic acids is 2. The predicted molar refractivity (Wildman–Crippen MR) is 113 cm³/mol. The molecule has 0 atom stereocenters. The molecule has 1 heterocycles. The summed E-state index contributed by atoms with van der Waals surface area (Å²) >= 11 is 4.28. The van der Waals surface area contributed by atoms with E-state index < -0.39 is 0 Å². The van der Waals surface area contributed by atoms with Gasteiger partial charge in [0.15, 0.2) is 0 Å². The number of thiophene rings is 1. The average Bonchev–Trinajstić information content (AvgIpc) is 3.05. The third kappa shape index (κ3) is 5.19. The number of benzene rings is 1. The Hall–Kier alpha value is -2.21. The molecular formula is C21H21N2O3SSe. The second-order valence-corrected chi connectivity index (χ2v) is 8.16. The van der Waals surface area contributed by atoms with E-state index in [-0.39, 0.29) is 11.9 Å². The molecule has 1 amide bonds. The SMILES string of the molecule is CCOC(=O)c1c(/N=C(\[Se])NC(=O)/C=C/c2ccccc2)sc2c1CCCC2. The van der Waals surface area contributed by atoms with Crippen LogP contribution in [0.15, 0.2) is 41.4 Å². The number of hydrogen-bond acceptors (Lipinski definition) is 5. The van der Waals surface area contributed by atoms with Crippen molar-refractivity contribution in [2.24, 2.45) is 4.99 Å². The van der Waals surface area contributed by atoms with Crippen molar-refractivity contribution in [2.45, 2.75) is 32.6 Å². The van der Waals surface area contributed by atoms with Crippen molar-refractivity contribution >= 4 is 55.0 Å². The molecule has 0 unspecified atom stereocenters. The van der Waals surface area contributed by atoms with Gasteiger partial charge in [-0.1, -0.05) is 0 Å². The first kappa shape index (κ1) is 20.5. The molecule has 0 spiro atoms. The van der Waals surface area contributed by atoms with Crippen LogP contribution in [0, 0.1) is 0 Å². The molecule has 2 aromatic rings. The number of rotatable bonds is 5. The van der Waals surface area contributed by atoms with Gasteiger partial charge in [-0.05, 0) is 0 Å². The predicted octanol–water partition coefficient (Wildman–Crippen LogP) is 3.79. The van der Waals surface area contributed by atoms with Crippen molar-refractivity contribution in [3.63, 3.8) is 0 Å². The molecule has 145 valence electrons. The second kappa shape index (κ2) is 9.82. The number of amidine groups is 1. The zero-order valence-electron chi connectivity index (χ0n) is 15.6. The Morgan fingerprint density at radius 1 is 1.25 bits per heavy atom. The number of hydrogen-bond donors (Lipinski definition) is 1. The maximum absolute atomic E-state index is 12.5. The molecule has 1 aromatic heterocycles. The number of aryl methyl sites for hydroxylation is 1. The van der Waals surface area contributed by atoms with E-state index in [4.69, 9.17) is 4.74 Å². The van der Waals surface area contributed by atoms with E-state index in [1.807, 2.05) is 30.3 Å². The van der Waals surface area contributed by atoms with Gasteiger partial charge in [0.05, 0.1) is 0 Å². The molecule has 3 rings (SSSR count). The van der Waals surface area contributed by atoms with E-state index in [1.54, 1.807) is 13.0 Å². The van der Waals surface area contributed by atoms with Gasteiger partial charge in [-0.15, -0.1) is 0 Å². The van der Waals surface area contributed by atoms with E-state index in [1.165, 1.54) is 22.3 Å². The summed E-state index contributed by atoms with van der Waals surface area (Å²) in [7, 11) is 0. The first-order chi connectivity index (χ1) is 13.6. The Morgan fingerprint density at radius 2 is 2.00 bits per heavy atom. The molecule has 7 heteroatoms. The minimum absolute atomic E-state index is 0.291. The summed E-state index contributed by atoms with van der Waals surface area (Å²) in [5.74, 6) is -0.635. The Kier molecular flexibility index (Phi) is 7.20. The quantitative estimate of drug-likeness (QED) is 0.243. The zero-order chi connectivity index (χ0) is 19.9. The van der Waals surface area contributed by atoms with E-state index in [0.29, 0.717) is 21.9 Å². The first-order valence-electron chi connectivity index (χ1n) is 9.20. The van der Waals surface area contributed by atoms with Crippen LogP contribution in [0.4, 0.5) is 5.00 Å². The molecule has 1 N–H and O–H groups in total. The van der Waals surface area contributed by atoms with E-state index >= 15 is 0 Å². The summed E-state index contributed by atoms with van der Waals surface area (Å²) < 4.78 is 5.56. The van der Waals surface area contributed by atoms with Crippen LogP contribution in [-0.4, -0.2) is 39.2 Å². The van der Waals surface area contributed by atoms with E-state index in [9.17, 15) is 9.59 Å². The molecule has 0 saturated heterocycles. The van der Waals surface area contributed by atoms with Crippen LogP contribution in [0.1, 0.15) is 46.1 Å². The van der Waals surface area contributed by atoms with Gasteiger partial charge < -0.3 is 0 Å². The number of amides is 1. The number of aliphatic imine (C=N–C) groups is 1. The fourth-order valence-electron chi connectivity index (χ4n) is 3.05. The van der Waals surface area contributed by atoms with E-state index in [2.05, 4.69) is 26.3 Å². The van der Waals surface area contributed by atoms with Crippen molar-refractivity contribution in [3.05, 3.63) is 58.0 Å². The molecule has 1 radical (unpaired) electrons. The van der Waals surface area contributed by atoms with Gasteiger partial charge in [-0.2, -0.15) is 0 Å². The zero-order valence-corrected chi connectivity index (χ0v) is 18.1. The van der Waals surface area contributed by atoms with Gasteiger partial charge in [0.2, 0.25) is 0 Å². The van der Waals surface area contributed by atoms with Gasteiger partial charge in [0, 0.05) is 0 Å². The fraction of sp³-hybridized carbons (Fsp3) is 0.286. The number of esters is 1. The molecular weight excluding hydrogens is 439 g/mol. The number of nitrogens with zero attached hydrogens (tertiary/aromatic N) is 1. The molecule has 1 aromatic carbocycles. The molecule has 0 saturated carbocycles. The van der Waals surface area contributed by atoms with Gasteiger partial charge >= 0.3 is 177 Å². The van der Waals surface area contributed by atoms with Crippen molar-refractivity contribution in [1.82, 2.24) is 5.32 Å². The number of ether oxygens (including phenoxy) is 1. The molecule has 5 nitrogen and oxygen atoms in total. The Balaban J connectivity index is 1.78. The van der Waals surface area contributed by atoms with Gasteiger partial charge in [0.25, 0.3) is 0 Å². The summed E-state index contributed by atoms with van der Waals surface area (Å²) in [5.41, 5.74) is 2.53. The number of carbonyl (C=O) groups is 2. The van der Waals surface area contributed by atoms with Crippen molar-refractivity contribution in [2.75, 3.05) is 6.61 Å².